The number of esters is 1. The lowest BCUT2D eigenvalue weighted by Gasteiger charge is -2.15. The Labute approximate surface area is 129 Å². The van der Waals surface area contributed by atoms with Crippen molar-refractivity contribution in [3.8, 4) is 5.75 Å². The molecule has 1 N–H and O–H groups in total. The maximum absolute atomic E-state index is 12.1. The fourth-order valence-corrected chi connectivity index (χ4v) is 1.78. The number of Topliss-reactive ketones (excluding diaryl/α,β-unsaturated/α-hetero) is 1. The highest BCUT2D eigenvalue weighted by Crippen LogP contribution is 2.12. The Kier molecular flexibility index (Phi) is 7.08. The molecule has 1 aromatic carbocycles. The average molecular weight is 307 g/mol. The van der Waals surface area contributed by atoms with E-state index in [2.05, 4.69) is 5.32 Å². The summed E-state index contributed by atoms with van der Waals surface area (Å²) in [5, 5.41) is 2.42. The van der Waals surface area contributed by atoms with Gasteiger partial charge in [-0.05, 0) is 38.1 Å². The van der Waals surface area contributed by atoms with Gasteiger partial charge in [-0.3, -0.25) is 9.59 Å². The van der Waals surface area contributed by atoms with Crippen LogP contribution in [0.1, 0.15) is 37.6 Å². The minimum atomic E-state index is -1.27. The van der Waals surface area contributed by atoms with Crippen LogP contribution in [0.4, 0.5) is 0 Å². The van der Waals surface area contributed by atoms with E-state index in [1.807, 2.05) is 6.92 Å². The minimum absolute atomic E-state index is 0.132. The molecule has 0 radical (unpaired) electrons. The Balaban J connectivity index is 2.81. The van der Waals surface area contributed by atoms with Crippen LogP contribution in [0.2, 0.25) is 0 Å². The summed E-state index contributed by atoms with van der Waals surface area (Å²) < 4.78 is 10.1. The smallest absolute Gasteiger partial charge is 0.336 e. The fraction of sp³-hybridized carbons (Fsp3) is 0.438. The van der Waals surface area contributed by atoms with E-state index < -0.39 is 23.7 Å². The molecule has 0 aliphatic rings. The fourth-order valence-electron chi connectivity index (χ4n) is 1.78. The highest BCUT2D eigenvalue weighted by atomic mass is 16.5. The number of amides is 1. The summed E-state index contributed by atoms with van der Waals surface area (Å²) >= 11 is 0. The van der Waals surface area contributed by atoms with E-state index in [1.165, 1.54) is 0 Å². The van der Waals surface area contributed by atoms with Gasteiger partial charge in [-0.2, -0.15) is 0 Å². The Morgan fingerprint density at radius 2 is 1.68 bits per heavy atom. The van der Waals surface area contributed by atoms with Gasteiger partial charge in [0.2, 0.25) is 0 Å². The largest absolute Gasteiger partial charge is 0.494 e. The molecule has 1 amide bonds. The maximum atomic E-state index is 12.1. The molecule has 0 fully saturated rings. The molecular formula is C16H21NO5. The summed E-state index contributed by atoms with van der Waals surface area (Å²) in [4.78, 5) is 35.7. The van der Waals surface area contributed by atoms with Gasteiger partial charge in [0.1, 0.15) is 5.75 Å². The van der Waals surface area contributed by atoms with Crippen molar-refractivity contribution < 1.29 is 23.9 Å². The van der Waals surface area contributed by atoms with Gasteiger partial charge in [0.25, 0.3) is 5.91 Å². The van der Waals surface area contributed by atoms with Crippen LogP contribution in [0.3, 0.4) is 0 Å². The van der Waals surface area contributed by atoms with E-state index in [4.69, 9.17) is 9.47 Å². The van der Waals surface area contributed by atoms with E-state index in [0.717, 1.165) is 0 Å². The molecule has 1 aromatic rings. The number of nitrogens with one attached hydrogen (secondary N) is 1. The summed E-state index contributed by atoms with van der Waals surface area (Å²) in [6, 6.07) is 5.17. The molecule has 0 spiro atoms. The molecule has 0 saturated carbocycles. The summed E-state index contributed by atoms with van der Waals surface area (Å²) in [6.07, 6.45) is 0.132. The molecule has 6 nitrogen and oxygen atoms in total. The van der Waals surface area contributed by atoms with Gasteiger partial charge in [-0.15, -0.1) is 0 Å². The van der Waals surface area contributed by atoms with Gasteiger partial charge in [0.15, 0.2) is 11.8 Å². The van der Waals surface area contributed by atoms with E-state index in [9.17, 15) is 14.4 Å². The van der Waals surface area contributed by atoms with Crippen molar-refractivity contribution in [2.24, 2.45) is 0 Å². The van der Waals surface area contributed by atoms with E-state index in [-0.39, 0.29) is 13.0 Å². The second kappa shape index (κ2) is 8.81. The van der Waals surface area contributed by atoms with Crippen LogP contribution in [-0.4, -0.2) is 36.9 Å². The number of rotatable bonds is 8. The molecule has 1 rings (SSSR count). The second-order valence-corrected chi connectivity index (χ2v) is 4.44. The first-order valence-electron chi connectivity index (χ1n) is 7.26. The topological polar surface area (TPSA) is 81.7 Å². The first-order valence-corrected chi connectivity index (χ1v) is 7.26. The van der Waals surface area contributed by atoms with Crippen LogP contribution in [-0.2, 0) is 14.3 Å². The van der Waals surface area contributed by atoms with Crippen LogP contribution in [0, 0.1) is 0 Å². The number of hydrogen-bond donors (Lipinski definition) is 1. The summed E-state index contributed by atoms with van der Waals surface area (Å²) in [5.41, 5.74) is 0.335. The number of ketones is 1. The summed E-state index contributed by atoms with van der Waals surface area (Å²) in [6.45, 7) is 5.80. The molecule has 0 saturated heterocycles. The zero-order chi connectivity index (χ0) is 16.5. The average Bonchev–Trinajstić information content (AvgIpc) is 2.52. The third kappa shape index (κ3) is 4.87. The van der Waals surface area contributed by atoms with Gasteiger partial charge >= 0.3 is 5.97 Å². The molecule has 0 aliphatic heterocycles. The van der Waals surface area contributed by atoms with Crippen molar-refractivity contribution in [1.29, 1.82) is 0 Å². The van der Waals surface area contributed by atoms with Gasteiger partial charge in [0, 0.05) is 12.0 Å². The normalized spacial score (nSPS) is 11.4. The number of benzene rings is 1. The Hall–Kier alpha value is -2.37. The van der Waals surface area contributed by atoms with Crippen LogP contribution in [0.5, 0.6) is 5.75 Å². The Morgan fingerprint density at radius 3 is 2.18 bits per heavy atom. The first-order chi connectivity index (χ1) is 10.5. The zero-order valence-corrected chi connectivity index (χ0v) is 13.0. The van der Waals surface area contributed by atoms with Gasteiger partial charge < -0.3 is 14.8 Å². The quantitative estimate of drug-likeness (QED) is 0.584. The van der Waals surface area contributed by atoms with Crippen molar-refractivity contribution in [2.75, 3.05) is 13.2 Å². The van der Waals surface area contributed by atoms with Crippen LogP contribution >= 0.6 is 0 Å². The third-order valence-electron chi connectivity index (χ3n) is 2.90. The number of hydrogen-bond acceptors (Lipinski definition) is 5. The summed E-state index contributed by atoms with van der Waals surface area (Å²) in [5.74, 6) is -1.00. The molecular weight excluding hydrogens is 286 g/mol. The van der Waals surface area contributed by atoms with Gasteiger partial charge in [-0.1, -0.05) is 6.92 Å². The second-order valence-electron chi connectivity index (χ2n) is 4.44. The van der Waals surface area contributed by atoms with Gasteiger partial charge in [0.05, 0.1) is 13.2 Å². The molecule has 0 aliphatic carbocycles. The molecule has 120 valence electrons. The summed E-state index contributed by atoms with van der Waals surface area (Å²) in [7, 11) is 0. The van der Waals surface area contributed by atoms with Gasteiger partial charge in [-0.25, -0.2) is 4.79 Å². The SMILES string of the molecule is CCOC(=O)C(NC(=O)c1ccc(OCC)cc1)C(=O)CC. The first kappa shape index (κ1) is 17.7. The zero-order valence-electron chi connectivity index (χ0n) is 13.0. The van der Waals surface area contributed by atoms with E-state index in [1.54, 1.807) is 38.1 Å². The Morgan fingerprint density at radius 1 is 1.05 bits per heavy atom. The highest BCUT2D eigenvalue weighted by molar-refractivity contribution is 6.08. The number of carbonyl (C=O) groups excluding carboxylic acids is 3. The Bertz CT molecular complexity index is 524. The minimum Gasteiger partial charge on any atom is -0.494 e. The van der Waals surface area contributed by atoms with E-state index in [0.29, 0.717) is 17.9 Å². The van der Waals surface area contributed by atoms with Crippen molar-refractivity contribution in [1.82, 2.24) is 5.32 Å². The van der Waals surface area contributed by atoms with Crippen molar-refractivity contribution in [3.63, 3.8) is 0 Å². The van der Waals surface area contributed by atoms with Crippen molar-refractivity contribution >= 4 is 17.7 Å². The lowest BCUT2D eigenvalue weighted by atomic mass is 10.1. The molecule has 1 atom stereocenters. The standard InChI is InChI=1S/C16H21NO5/c1-4-13(18)14(16(20)22-6-3)17-15(19)11-7-9-12(10-8-11)21-5-2/h7-10,14H,4-6H2,1-3H3,(H,17,19). The van der Waals surface area contributed by atoms with Crippen LogP contribution < -0.4 is 10.1 Å². The monoisotopic (exact) mass is 307 g/mol. The molecule has 6 heteroatoms. The highest BCUT2D eigenvalue weighted by Gasteiger charge is 2.28. The third-order valence-corrected chi connectivity index (χ3v) is 2.90. The maximum Gasteiger partial charge on any atom is 0.336 e. The van der Waals surface area contributed by atoms with E-state index >= 15 is 0 Å². The predicted molar refractivity (Wildman–Crippen MR) is 80.8 cm³/mol. The molecule has 0 aromatic heterocycles. The lowest BCUT2D eigenvalue weighted by molar-refractivity contribution is -0.148. The van der Waals surface area contributed by atoms with Crippen LogP contribution in [0.15, 0.2) is 24.3 Å². The van der Waals surface area contributed by atoms with Crippen molar-refractivity contribution in [2.45, 2.75) is 33.2 Å². The molecule has 0 bridgehead atoms. The number of carbonyl (C=O) groups is 3. The lowest BCUT2D eigenvalue weighted by Crippen LogP contribution is -2.47. The molecule has 0 heterocycles. The molecule has 1 unspecified atom stereocenters. The van der Waals surface area contributed by atoms with Crippen LogP contribution in [0.25, 0.3) is 0 Å². The van der Waals surface area contributed by atoms with Crippen molar-refractivity contribution in [3.05, 3.63) is 29.8 Å². The molecule has 22 heavy (non-hydrogen) atoms. The number of ether oxygens (including phenoxy) is 2. The predicted octanol–water partition coefficient (Wildman–Crippen LogP) is 1.73.